The Bertz CT molecular complexity index is 572. The van der Waals surface area contributed by atoms with E-state index in [1.807, 2.05) is 60.7 Å². The Morgan fingerprint density at radius 2 is 1.65 bits per heavy atom. The van der Waals surface area contributed by atoms with Crippen molar-refractivity contribution in [1.82, 2.24) is 5.48 Å². The first-order valence-corrected chi connectivity index (χ1v) is 7.90. The number of aliphatic hydroxyl groups excluding tert-OH is 1. The van der Waals surface area contributed by atoms with Crippen LogP contribution in [0.3, 0.4) is 0 Å². The second-order valence-corrected chi connectivity index (χ2v) is 5.46. The maximum absolute atomic E-state index is 11.9. The van der Waals surface area contributed by atoms with E-state index in [0.29, 0.717) is 25.9 Å². The lowest BCUT2D eigenvalue weighted by Gasteiger charge is -2.16. The number of rotatable bonds is 9. The summed E-state index contributed by atoms with van der Waals surface area (Å²) in [6.07, 6.45) is 1.71. The van der Waals surface area contributed by atoms with Gasteiger partial charge in [-0.2, -0.15) is 0 Å². The van der Waals surface area contributed by atoms with Crippen molar-refractivity contribution in [1.29, 1.82) is 0 Å². The zero-order valence-electron chi connectivity index (χ0n) is 13.2. The molecule has 1 amide bonds. The molecule has 4 heteroatoms. The molecule has 0 aliphatic rings. The number of hydrogen-bond acceptors (Lipinski definition) is 3. The van der Waals surface area contributed by atoms with Crippen molar-refractivity contribution in [2.45, 2.75) is 31.8 Å². The minimum atomic E-state index is -0.139. The maximum Gasteiger partial charge on any atom is 0.243 e. The van der Waals surface area contributed by atoms with Crippen molar-refractivity contribution in [3.8, 4) is 0 Å². The van der Waals surface area contributed by atoms with Gasteiger partial charge >= 0.3 is 0 Å². The first-order valence-electron chi connectivity index (χ1n) is 7.90. The molecular weight excluding hydrogens is 290 g/mol. The zero-order valence-corrected chi connectivity index (χ0v) is 13.2. The molecule has 4 nitrogen and oxygen atoms in total. The smallest absolute Gasteiger partial charge is 0.243 e. The molecule has 0 fully saturated rings. The fraction of sp³-hybridized carbons (Fsp3) is 0.316. The van der Waals surface area contributed by atoms with E-state index in [0.717, 1.165) is 11.1 Å². The van der Waals surface area contributed by atoms with Gasteiger partial charge in [-0.15, -0.1) is 0 Å². The molecule has 0 aromatic heterocycles. The number of aliphatic hydroxyl groups is 1. The Morgan fingerprint density at radius 1 is 1.00 bits per heavy atom. The van der Waals surface area contributed by atoms with Gasteiger partial charge in [-0.25, -0.2) is 5.48 Å². The van der Waals surface area contributed by atoms with Gasteiger partial charge in [0.2, 0.25) is 5.91 Å². The van der Waals surface area contributed by atoms with Gasteiger partial charge in [0.15, 0.2) is 0 Å². The Kier molecular flexibility index (Phi) is 7.30. The van der Waals surface area contributed by atoms with Gasteiger partial charge in [-0.1, -0.05) is 60.7 Å². The van der Waals surface area contributed by atoms with Crippen LogP contribution in [0.15, 0.2) is 60.7 Å². The number of benzene rings is 2. The van der Waals surface area contributed by atoms with Gasteiger partial charge in [-0.05, 0) is 29.9 Å². The highest BCUT2D eigenvalue weighted by Gasteiger charge is 2.13. The number of amides is 1. The average molecular weight is 313 g/mol. The fourth-order valence-corrected chi connectivity index (χ4v) is 2.49. The van der Waals surface area contributed by atoms with Crippen molar-refractivity contribution in [2.24, 2.45) is 0 Å². The van der Waals surface area contributed by atoms with E-state index in [2.05, 4.69) is 5.48 Å². The largest absolute Gasteiger partial charge is 0.396 e. The number of hydrogen-bond donors (Lipinski definition) is 2. The summed E-state index contributed by atoms with van der Waals surface area (Å²) in [6.45, 7) is 0.469. The van der Waals surface area contributed by atoms with Gasteiger partial charge in [0, 0.05) is 13.0 Å². The summed E-state index contributed by atoms with van der Waals surface area (Å²) in [7, 11) is 0. The third kappa shape index (κ3) is 6.22. The quantitative estimate of drug-likeness (QED) is 0.699. The van der Waals surface area contributed by atoms with E-state index in [1.54, 1.807) is 0 Å². The third-order valence-corrected chi connectivity index (χ3v) is 3.74. The van der Waals surface area contributed by atoms with Crippen molar-refractivity contribution < 1.29 is 14.7 Å². The molecule has 0 bridgehead atoms. The highest BCUT2D eigenvalue weighted by atomic mass is 16.6. The normalized spacial score (nSPS) is 11.9. The third-order valence-electron chi connectivity index (χ3n) is 3.74. The topological polar surface area (TPSA) is 58.6 Å². The van der Waals surface area contributed by atoms with E-state index in [1.165, 1.54) is 0 Å². The Labute approximate surface area is 137 Å². The molecule has 0 saturated carbocycles. The molecule has 2 rings (SSSR count). The molecule has 0 heterocycles. The van der Waals surface area contributed by atoms with Crippen LogP contribution in [-0.2, 0) is 16.2 Å². The fourth-order valence-electron chi connectivity index (χ4n) is 2.49. The lowest BCUT2D eigenvalue weighted by molar-refractivity contribution is -0.134. The van der Waals surface area contributed by atoms with E-state index in [9.17, 15) is 9.90 Å². The monoisotopic (exact) mass is 313 g/mol. The summed E-state index contributed by atoms with van der Waals surface area (Å²) in [6, 6.07) is 19.7. The SMILES string of the molecule is O=C(CCC(CCO)c1ccccc1)NOCc1ccccc1. The highest BCUT2D eigenvalue weighted by Crippen LogP contribution is 2.24. The summed E-state index contributed by atoms with van der Waals surface area (Å²) in [5, 5.41) is 9.21. The molecule has 122 valence electrons. The second-order valence-electron chi connectivity index (χ2n) is 5.46. The number of hydroxylamine groups is 1. The van der Waals surface area contributed by atoms with Crippen LogP contribution in [0.1, 0.15) is 36.3 Å². The van der Waals surface area contributed by atoms with Gasteiger partial charge in [-0.3, -0.25) is 9.63 Å². The van der Waals surface area contributed by atoms with E-state index in [4.69, 9.17) is 4.84 Å². The Hall–Kier alpha value is -2.17. The summed E-state index contributed by atoms with van der Waals surface area (Å²) in [5.41, 5.74) is 4.64. The molecule has 0 saturated heterocycles. The molecule has 0 aliphatic carbocycles. The molecule has 0 spiro atoms. The molecule has 2 aromatic rings. The molecule has 2 aromatic carbocycles. The molecule has 2 N–H and O–H groups in total. The first kappa shape index (κ1) is 17.2. The van der Waals surface area contributed by atoms with E-state index < -0.39 is 0 Å². The Morgan fingerprint density at radius 3 is 2.30 bits per heavy atom. The molecule has 0 radical (unpaired) electrons. The van der Waals surface area contributed by atoms with Crippen LogP contribution >= 0.6 is 0 Å². The van der Waals surface area contributed by atoms with Gasteiger partial charge < -0.3 is 5.11 Å². The predicted octanol–water partition coefficient (Wildman–Crippen LogP) is 3.18. The number of carbonyl (C=O) groups is 1. The molecule has 23 heavy (non-hydrogen) atoms. The van der Waals surface area contributed by atoms with E-state index >= 15 is 0 Å². The van der Waals surface area contributed by atoms with Crippen LogP contribution in [0.2, 0.25) is 0 Å². The van der Waals surface area contributed by atoms with Gasteiger partial charge in [0.25, 0.3) is 0 Å². The van der Waals surface area contributed by atoms with Crippen LogP contribution in [0.25, 0.3) is 0 Å². The standard InChI is InChI=1S/C19H23NO3/c21-14-13-18(17-9-5-2-6-10-17)11-12-19(22)20-23-15-16-7-3-1-4-8-16/h1-10,18,21H,11-15H2,(H,20,22). The van der Waals surface area contributed by atoms with Crippen molar-refractivity contribution in [3.05, 3.63) is 71.8 Å². The summed E-state index contributed by atoms with van der Waals surface area (Å²) in [5.74, 6) is 0.0425. The van der Waals surface area contributed by atoms with Crippen molar-refractivity contribution >= 4 is 5.91 Å². The van der Waals surface area contributed by atoms with Crippen LogP contribution in [0.4, 0.5) is 0 Å². The summed E-state index contributed by atoms with van der Waals surface area (Å²) in [4.78, 5) is 17.1. The minimum Gasteiger partial charge on any atom is -0.396 e. The van der Waals surface area contributed by atoms with Crippen LogP contribution in [-0.4, -0.2) is 17.6 Å². The molecule has 0 aliphatic heterocycles. The number of carbonyl (C=O) groups excluding carboxylic acids is 1. The lowest BCUT2D eigenvalue weighted by atomic mass is 9.91. The molecular formula is C19H23NO3. The Balaban J connectivity index is 1.73. The van der Waals surface area contributed by atoms with Crippen molar-refractivity contribution in [3.63, 3.8) is 0 Å². The summed E-state index contributed by atoms with van der Waals surface area (Å²) < 4.78 is 0. The second kappa shape index (κ2) is 9.77. The number of nitrogens with one attached hydrogen (secondary N) is 1. The van der Waals surface area contributed by atoms with E-state index in [-0.39, 0.29) is 18.4 Å². The van der Waals surface area contributed by atoms with Crippen molar-refractivity contribution in [2.75, 3.05) is 6.61 Å². The molecule has 1 unspecified atom stereocenters. The maximum atomic E-state index is 11.9. The highest BCUT2D eigenvalue weighted by molar-refractivity contribution is 5.74. The van der Waals surface area contributed by atoms with Gasteiger partial charge in [0.1, 0.15) is 0 Å². The molecule has 1 atom stereocenters. The average Bonchev–Trinajstić information content (AvgIpc) is 2.60. The lowest BCUT2D eigenvalue weighted by Crippen LogP contribution is -2.23. The van der Waals surface area contributed by atoms with Gasteiger partial charge in [0.05, 0.1) is 6.61 Å². The van der Waals surface area contributed by atoms with Crippen LogP contribution in [0, 0.1) is 0 Å². The first-order chi connectivity index (χ1) is 11.3. The minimum absolute atomic E-state index is 0.117. The summed E-state index contributed by atoms with van der Waals surface area (Å²) >= 11 is 0. The zero-order chi connectivity index (χ0) is 16.3. The predicted molar refractivity (Wildman–Crippen MR) is 89.5 cm³/mol. The van der Waals surface area contributed by atoms with Crippen LogP contribution < -0.4 is 5.48 Å². The van der Waals surface area contributed by atoms with Crippen LogP contribution in [0.5, 0.6) is 0 Å².